The average molecular weight is 438 g/mol. The highest BCUT2D eigenvalue weighted by molar-refractivity contribution is 14.0. The highest BCUT2D eigenvalue weighted by Gasteiger charge is 2.20. The molecule has 6 heteroatoms. The molecule has 0 saturated carbocycles. The smallest absolute Gasteiger partial charge is 0.191 e. The van der Waals surface area contributed by atoms with Crippen molar-refractivity contribution in [3.63, 3.8) is 0 Å². The monoisotopic (exact) mass is 438 g/mol. The standard InChI is InChI=1S/C16H30N4S.HI/c1-5-7-19(8-6-2)15(14(3)4)13-18-16(17)20-9-11-21-12-10-20;/h5-6,14-15H,1-2,7-13H2,3-4H3,(H2,17,18);1H. The van der Waals surface area contributed by atoms with Crippen LogP contribution in [0.3, 0.4) is 0 Å². The summed E-state index contributed by atoms with van der Waals surface area (Å²) in [6, 6.07) is 0.360. The zero-order valence-corrected chi connectivity index (χ0v) is 17.1. The minimum atomic E-state index is 0. The molecular formula is C16H31IN4S. The van der Waals surface area contributed by atoms with Gasteiger partial charge in [-0.25, -0.2) is 0 Å². The molecule has 1 rings (SSSR count). The Morgan fingerprint density at radius 1 is 1.27 bits per heavy atom. The van der Waals surface area contributed by atoms with Crippen LogP contribution in [0.5, 0.6) is 0 Å². The molecule has 0 aliphatic carbocycles. The Bertz CT molecular complexity index is 344. The van der Waals surface area contributed by atoms with Gasteiger partial charge in [0.2, 0.25) is 0 Å². The number of halogens is 1. The first-order valence-corrected chi connectivity index (χ1v) is 8.84. The molecule has 2 N–H and O–H groups in total. The minimum absolute atomic E-state index is 0. The van der Waals surface area contributed by atoms with E-state index in [1.165, 1.54) is 0 Å². The largest absolute Gasteiger partial charge is 0.370 e. The summed E-state index contributed by atoms with van der Waals surface area (Å²) in [7, 11) is 0. The molecule has 0 spiro atoms. The van der Waals surface area contributed by atoms with E-state index in [1.807, 2.05) is 23.9 Å². The lowest BCUT2D eigenvalue weighted by Gasteiger charge is -2.33. The summed E-state index contributed by atoms with van der Waals surface area (Å²) in [5.41, 5.74) is 6.15. The second-order valence-corrected chi connectivity index (χ2v) is 6.87. The van der Waals surface area contributed by atoms with Crippen molar-refractivity contribution in [1.82, 2.24) is 9.80 Å². The molecule has 1 unspecified atom stereocenters. The topological polar surface area (TPSA) is 44.9 Å². The van der Waals surface area contributed by atoms with Gasteiger partial charge in [0.1, 0.15) is 0 Å². The quantitative estimate of drug-likeness (QED) is 0.274. The third-order valence-corrected chi connectivity index (χ3v) is 4.68. The van der Waals surface area contributed by atoms with E-state index in [0.717, 1.165) is 44.2 Å². The Morgan fingerprint density at radius 2 is 1.82 bits per heavy atom. The van der Waals surface area contributed by atoms with Crippen molar-refractivity contribution in [1.29, 1.82) is 0 Å². The molecular weight excluding hydrogens is 407 g/mol. The number of nitrogens with zero attached hydrogens (tertiary/aromatic N) is 3. The van der Waals surface area contributed by atoms with Crippen LogP contribution in [-0.2, 0) is 0 Å². The van der Waals surface area contributed by atoms with Gasteiger partial charge in [0.15, 0.2) is 5.96 Å². The molecule has 0 aromatic heterocycles. The summed E-state index contributed by atoms with van der Waals surface area (Å²) in [5.74, 6) is 3.49. The average Bonchev–Trinajstić information content (AvgIpc) is 2.48. The van der Waals surface area contributed by atoms with Crippen LogP contribution in [0.2, 0.25) is 0 Å². The van der Waals surface area contributed by atoms with Crippen molar-refractivity contribution >= 4 is 41.7 Å². The second-order valence-electron chi connectivity index (χ2n) is 5.64. The van der Waals surface area contributed by atoms with Gasteiger partial charge in [-0.05, 0) is 5.92 Å². The van der Waals surface area contributed by atoms with E-state index in [2.05, 4.69) is 41.8 Å². The molecule has 1 heterocycles. The molecule has 0 aromatic carbocycles. The zero-order valence-electron chi connectivity index (χ0n) is 13.9. The lowest BCUT2D eigenvalue weighted by molar-refractivity contribution is 0.195. The molecule has 0 aromatic rings. The van der Waals surface area contributed by atoms with Gasteiger partial charge in [-0.3, -0.25) is 9.89 Å². The SMILES string of the molecule is C=CCN(CC=C)C(CN=C(N)N1CCSCC1)C(C)C.I. The van der Waals surface area contributed by atoms with Gasteiger partial charge < -0.3 is 10.6 Å². The first-order valence-electron chi connectivity index (χ1n) is 7.68. The summed E-state index contributed by atoms with van der Waals surface area (Å²) in [6.45, 7) is 16.6. The van der Waals surface area contributed by atoms with E-state index in [4.69, 9.17) is 5.73 Å². The van der Waals surface area contributed by atoms with Crippen LogP contribution in [0.15, 0.2) is 30.3 Å². The number of guanidine groups is 1. The molecule has 1 fully saturated rings. The summed E-state index contributed by atoms with van der Waals surface area (Å²) in [5, 5.41) is 0. The van der Waals surface area contributed by atoms with Crippen LogP contribution in [-0.4, -0.2) is 66.0 Å². The summed E-state index contributed by atoms with van der Waals surface area (Å²) < 4.78 is 0. The highest BCUT2D eigenvalue weighted by Crippen LogP contribution is 2.13. The number of aliphatic imine (C=N–C) groups is 1. The van der Waals surface area contributed by atoms with Crippen LogP contribution in [0.25, 0.3) is 0 Å². The van der Waals surface area contributed by atoms with Crippen LogP contribution in [0, 0.1) is 5.92 Å². The zero-order chi connectivity index (χ0) is 15.7. The van der Waals surface area contributed by atoms with Gasteiger partial charge >= 0.3 is 0 Å². The van der Waals surface area contributed by atoms with Gasteiger partial charge in [-0.1, -0.05) is 26.0 Å². The summed E-state index contributed by atoms with van der Waals surface area (Å²) in [6.07, 6.45) is 3.88. The van der Waals surface area contributed by atoms with E-state index >= 15 is 0 Å². The van der Waals surface area contributed by atoms with Crippen molar-refractivity contribution in [3.05, 3.63) is 25.3 Å². The maximum Gasteiger partial charge on any atom is 0.191 e. The Kier molecular flexibility index (Phi) is 12.1. The molecule has 22 heavy (non-hydrogen) atoms. The van der Waals surface area contributed by atoms with E-state index in [0.29, 0.717) is 17.9 Å². The molecule has 1 aliphatic heterocycles. The third-order valence-electron chi connectivity index (χ3n) is 3.74. The van der Waals surface area contributed by atoms with Gasteiger partial charge in [-0.2, -0.15) is 11.8 Å². The first kappa shape index (κ1) is 21.8. The van der Waals surface area contributed by atoms with Crippen molar-refractivity contribution < 1.29 is 0 Å². The maximum absolute atomic E-state index is 6.15. The van der Waals surface area contributed by atoms with Crippen LogP contribution < -0.4 is 5.73 Å². The maximum atomic E-state index is 6.15. The van der Waals surface area contributed by atoms with Gasteiger partial charge in [0, 0.05) is 43.7 Å². The van der Waals surface area contributed by atoms with Crippen LogP contribution in [0.1, 0.15) is 13.8 Å². The van der Waals surface area contributed by atoms with Gasteiger partial charge in [0.05, 0.1) is 6.54 Å². The Labute approximate surface area is 157 Å². The summed E-state index contributed by atoms with van der Waals surface area (Å²) in [4.78, 5) is 9.20. The van der Waals surface area contributed by atoms with Crippen LogP contribution in [0.4, 0.5) is 0 Å². The molecule has 1 saturated heterocycles. The van der Waals surface area contributed by atoms with Gasteiger partial charge in [0.25, 0.3) is 0 Å². The Hall–Kier alpha value is -0.210. The molecule has 1 aliphatic rings. The normalized spacial score (nSPS) is 17.3. The lowest BCUT2D eigenvalue weighted by atomic mass is 10.0. The van der Waals surface area contributed by atoms with E-state index in [9.17, 15) is 0 Å². The number of rotatable bonds is 8. The third kappa shape index (κ3) is 7.37. The highest BCUT2D eigenvalue weighted by atomic mass is 127. The van der Waals surface area contributed by atoms with E-state index in [1.54, 1.807) is 0 Å². The van der Waals surface area contributed by atoms with E-state index < -0.39 is 0 Å². The van der Waals surface area contributed by atoms with E-state index in [-0.39, 0.29) is 24.0 Å². The summed E-state index contributed by atoms with van der Waals surface area (Å²) >= 11 is 1.98. The Morgan fingerprint density at radius 3 is 2.27 bits per heavy atom. The number of hydrogen-bond donors (Lipinski definition) is 1. The van der Waals surface area contributed by atoms with Crippen molar-refractivity contribution in [2.45, 2.75) is 19.9 Å². The fraction of sp³-hybridized carbons (Fsp3) is 0.688. The molecule has 0 amide bonds. The molecule has 0 bridgehead atoms. The molecule has 1 atom stereocenters. The van der Waals surface area contributed by atoms with Crippen molar-refractivity contribution in [2.24, 2.45) is 16.6 Å². The van der Waals surface area contributed by atoms with Crippen LogP contribution >= 0.6 is 35.7 Å². The Balaban J connectivity index is 0.00000441. The van der Waals surface area contributed by atoms with Gasteiger partial charge in [-0.15, -0.1) is 37.1 Å². The van der Waals surface area contributed by atoms with Crippen molar-refractivity contribution in [2.75, 3.05) is 44.2 Å². The molecule has 128 valence electrons. The number of hydrogen-bond acceptors (Lipinski definition) is 3. The minimum Gasteiger partial charge on any atom is -0.370 e. The fourth-order valence-electron chi connectivity index (χ4n) is 2.50. The lowest BCUT2D eigenvalue weighted by Crippen LogP contribution is -2.45. The fourth-order valence-corrected chi connectivity index (χ4v) is 3.41. The first-order chi connectivity index (χ1) is 10.1. The number of nitrogens with two attached hydrogens (primary N) is 1. The predicted octanol–water partition coefficient (Wildman–Crippen LogP) is 2.67. The predicted molar refractivity (Wildman–Crippen MR) is 111 cm³/mol. The number of thioether (sulfide) groups is 1. The molecule has 0 radical (unpaired) electrons. The molecule has 4 nitrogen and oxygen atoms in total. The van der Waals surface area contributed by atoms with Crippen molar-refractivity contribution in [3.8, 4) is 0 Å². The second kappa shape index (κ2) is 12.2.